The van der Waals surface area contributed by atoms with Crippen molar-refractivity contribution in [1.29, 1.82) is 0 Å². The summed E-state index contributed by atoms with van der Waals surface area (Å²) in [6.45, 7) is 1.25. The van der Waals surface area contributed by atoms with Crippen LogP contribution in [-0.4, -0.2) is 51.7 Å². The molecule has 1 aromatic rings. The van der Waals surface area contributed by atoms with Gasteiger partial charge in [0, 0.05) is 24.2 Å². The van der Waals surface area contributed by atoms with E-state index in [2.05, 4.69) is 10.0 Å². The molecule has 1 heterocycles. The second-order valence-electron chi connectivity index (χ2n) is 5.44. The normalized spacial score (nSPS) is 18.2. The molecule has 1 saturated heterocycles. The average Bonchev–Trinajstić information content (AvgIpc) is 2.47. The molecule has 0 spiro atoms. The monoisotopic (exact) mass is 381 g/mol. The number of sulfonamides is 1. The molecule has 0 bridgehead atoms. The molecule has 2 N–H and O–H groups in total. The number of carbonyl (C=O) groups excluding carboxylic acids is 1. The summed E-state index contributed by atoms with van der Waals surface area (Å²) in [5.74, 6) is -0.214. The molecule has 0 aromatic heterocycles. The van der Waals surface area contributed by atoms with Crippen LogP contribution in [0.1, 0.15) is 23.2 Å². The van der Waals surface area contributed by atoms with E-state index < -0.39 is 10.0 Å². The van der Waals surface area contributed by atoms with Crippen molar-refractivity contribution < 1.29 is 13.2 Å². The molecule has 0 radical (unpaired) electrons. The van der Waals surface area contributed by atoms with E-state index in [9.17, 15) is 13.2 Å². The molecule has 130 valence electrons. The minimum Gasteiger partial charge on any atom is -0.337 e. The third-order valence-corrected chi connectivity index (χ3v) is 4.45. The van der Waals surface area contributed by atoms with E-state index in [1.165, 1.54) is 12.1 Å². The maximum absolute atomic E-state index is 12.7. The second kappa shape index (κ2) is 8.19. The number of carbonyl (C=O) groups is 1. The van der Waals surface area contributed by atoms with Gasteiger partial charge >= 0.3 is 0 Å². The van der Waals surface area contributed by atoms with Crippen LogP contribution in [-0.2, 0) is 10.0 Å². The zero-order chi connectivity index (χ0) is 16.3. The first-order valence-electron chi connectivity index (χ1n) is 7.04. The topological polar surface area (TPSA) is 78.5 Å². The van der Waals surface area contributed by atoms with Crippen LogP contribution in [0.5, 0.6) is 0 Å². The molecule has 0 aliphatic carbocycles. The second-order valence-corrected chi connectivity index (χ2v) is 7.63. The van der Waals surface area contributed by atoms with E-state index in [0.29, 0.717) is 18.1 Å². The number of nitrogens with zero attached hydrogens (tertiary/aromatic N) is 1. The fourth-order valence-electron chi connectivity index (χ4n) is 2.55. The molecule has 2 rings (SSSR count). The molecular formula is C14H21Cl2N3O3S. The maximum atomic E-state index is 12.7. The molecule has 1 fully saturated rings. The minimum absolute atomic E-state index is 0. The van der Waals surface area contributed by atoms with Crippen molar-refractivity contribution in [3.05, 3.63) is 28.8 Å². The number of hydrogen-bond donors (Lipinski definition) is 2. The standard InChI is InChI=1S/C14H20ClN3O3S.ClH/c1-16-11-4-3-7-18(9-11)14(19)12-8-10(15)5-6-13(12)17-22(2,20)21;/h5-6,8,11,16-17H,3-4,7,9H2,1-2H3;1H. The molecular weight excluding hydrogens is 361 g/mol. The van der Waals surface area contributed by atoms with Gasteiger partial charge in [-0.25, -0.2) is 8.42 Å². The molecule has 9 heteroatoms. The number of rotatable bonds is 4. The lowest BCUT2D eigenvalue weighted by atomic mass is 10.0. The van der Waals surface area contributed by atoms with E-state index in [1.54, 1.807) is 11.0 Å². The number of nitrogens with one attached hydrogen (secondary N) is 2. The summed E-state index contributed by atoms with van der Waals surface area (Å²) < 4.78 is 25.3. The number of halogens is 2. The fourth-order valence-corrected chi connectivity index (χ4v) is 3.30. The highest BCUT2D eigenvalue weighted by Crippen LogP contribution is 2.24. The molecule has 6 nitrogen and oxygen atoms in total. The van der Waals surface area contributed by atoms with Gasteiger partial charge in [0.2, 0.25) is 10.0 Å². The quantitative estimate of drug-likeness (QED) is 0.835. The summed E-state index contributed by atoms with van der Waals surface area (Å²) in [4.78, 5) is 14.5. The van der Waals surface area contributed by atoms with E-state index in [0.717, 1.165) is 19.1 Å². The number of likely N-dealkylation sites (N-methyl/N-ethyl adjacent to an activating group) is 1. The van der Waals surface area contributed by atoms with Crippen LogP contribution >= 0.6 is 24.0 Å². The van der Waals surface area contributed by atoms with Crippen LogP contribution in [0.4, 0.5) is 5.69 Å². The molecule has 1 aliphatic rings. The summed E-state index contributed by atoms with van der Waals surface area (Å²) in [6.07, 6.45) is 2.98. The predicted molar refractivity (Wildman–Crippen MR) is 95.2 cm³/mol. The summed E-state index contributed by atoms with van der Waals surface area (Å²) in [5, 5.41) is 3.57. The smallest absolute Gasteiger partial charge is 0.256 e. The number of piperidine rings is 1. The number of benzene rings is 1. The molecule has 1 aromatic carbocycles. The van der Waals surface area contributed by atoms with Gasteiger partial charge in [-0.2, -0.15) is 0 Å². The Hall–Kier alpha value is -1.02. The highest BCUT2D eigenvalue weighted by atomic mass is 35.5. The summed E-state index contributed by atoms with van der Waals surface area (Å²) >= 11 is 5.97. The Balaban J connectivity index is 0.00000264. The Kier molecular flexibility index (Phi) is 7.13. The molecule has 0 saturated carbocycles. The Bertz CT molecular complexity index is 667. The van der Waals surface area contributed by atoms with Crippen LogP contribution in [0, 0.1) is 0 Å². The Labute approximate surface area is 148 Å². The van der Waals surface area contributed by atoms with Gasteiger partial charge in [-0.05, 0) is 38.1 Å². The van der Waals surface area contributed by atoms with Gasteiger partial charge in [0.25, 0.3) is 5.91 Å². The van der Waals surface area contributed by atoms with Gasteiger partial charge in [-0.3, -0.25) is 9.52 Å². The summed E-state index contributed by atoms with van der Waals surface area (Å²) in [7, 11) is -1.60. The average molecular weight is 382 g/mol. The Morgan fingerprint density at radius 3 is 2.70 bits per heavy atom. The molecule has 1 aliphatic heterocycles. The lowest BCUT2D eigenvalue weighted by Crippen LogP contribution is -2.47. The van der Waals surface area contributed by atoms with Crippen molar-refractivity contribution in [2.45, 2.75) is 18.9 Å². The van der Waals surface area contributed by atoms with Crippen molar-refractivity contribution in [1.82, 2.24) is 10.2 Å². The van der Waals surface area contributed by atoms with Crippen LogP contribution in [0.2, 0.25) is 5.02 Å². The first-order valence-corrected chi connectivity index (χ1v) is 9.31. The Morgan fingerprint density at radius 1 is 1.39 bits per heavy atom. The lowest BCUT2D eigenvalue weighted by molar-refractivity contribution is 0.0699. The fraction of sp³-hybridized carbons (Fsp3) is 0.500. The third-order valence-electron chi connectivity index (χ3n) is 3.62. The van der Waals surface area contributed by atoms with E-state index in [4.69, 9.17) is 11.6 Å². The first-order chi connectivity index (χ1) is 10.3. The number of likely N-dealkylation sites (tertiary alicyclic amines) is 1. The number of anilines is 1. The van der Waals surface area contributed by atoms with Crippen molar-refractivity contribution in [3.8, 4) is 0 Å². The SMILES string of the molecule is CNC1CCCN(C(=O)c2cc(Cl)ccc2NS(C)(=O)=O)C1.Cl. The summed E-state index contributed by atoms with van der Waals surface area (Å²) in [5.41, 5.74) is 0.526. The number of hydrogen-bond acceptors (Lipinski definition) is 4. The van der Waals surface area contributed by atoms with Crippen molar-refractivity contribution >= 4 is 45.6 Å². The maximum Gasteiger partial charge on any atom is 0.256 e. The molecule has 23 heavy (non-hydrogen) atoms. The molecule has 1 unspecified atom stereocenters. The van der Waals surface area contributed by atoms with Gasteiger partial charge in [-0.1, -0.05) is 11.6 Å². The van der Waals surface area contributed by atoms with Gasteiger partial charge < -0.3 is 10.2 Å². The van der Waals surface area contributed by atoms with Crippen LogP contribution in [0.15, 0.2) is 18.2 Å². The van der Waals surface area contributed by atoms with Crippen LogP contribution < -0.4 is 10.0 Å². The minimum atomic E-state index is -3.47. The van der Waals surface area contributed by atoms with Gasteiger partial charge in [0.05, 0.1) is 17.5 Å². The van der Waals surface area contributed by atoms with Gasteiger partial charge in [-0.15, -0.1) is 12.4 Å². The first kappa shape index (κ1) is 20.0. The van der Waals surface area contributed by atoms with Gasteiger partial charge in [0.15, 0.2) is 0 Å². The van der Waals surface area contributed by atoms with Crippen molar-refractivity contribution in [3.63, 3.8) is 0 Å². The van der Waals surface area contributed by atoms with E-state index >= 15 is 0 Å². The zero-order valence-corrected chi connectivity index (χ0v) is 15.4. The van der Waals surface area contributed by atoms with Crippen molar-refractivity contribution in [2.75, 3.05) is 31.1 Å². The zero-order valence-electron chi connectivity index (χ0n) is 13.0. The Morgan fingerprint density at radius 2 is 2.09 bits per heavy atom. The summed E-state index contributed by atoms with van der Waals surface area (Å²) in [6, 6.07) is 4.82. The highest BCUT2D eigenvalue weighted by molar-refractivity contribution is 7.92. The third kappa shape index (κ3) is 5.53. The largest absolute Gasteiger partial charge is 0.337 e. The van der Waals surface area contributed by atoms with E-state index in [1.807, 2.05) is 7.05 Å². The highest BCUT2D eigenvalue weighted by Gasteiger charge is 2.25. The van der Waals surface area contributed by atoms with E-state index in [-0.39, 0.29) is 35.6 Å². The molecule has 1 amide bonds. The predicted octanol–water partition coefficient (Wildman–Crippen LogP) is 1.96. The van der Waals surface area contributed by atoms with Crippen LogP contribution in [0.25, 0.3) is 0 Å². The van der Waals surface area contributed by atoms with Gasteiger partial charge in [0.1, 0.15) is 0 Å². The van der Waals surface area contributed by atoms with Crippen LogP contribution in [0.3, 0.4) is 0 Å². The number of amides is 1. The van der Waals surface area contributed by atoms with Crippen molar-refractivity contribution in [2.24, 2.45) is 0 Å². The lowest BCUT2D eigenvalue weighted by Gasteiger charge is -2.33. The molecule has 1 atom stereocenters.